The first kappa shape index (κ1) is 19.6. The summed E-state index contributed by atoms with van der Waals surface area (Å²) in [6.45, 7) is 0. The zero-order valence-corrected chi connectivity index (χ0v) is 17.1. The van der Waals surface area contributed by atoms with Gasteiger partial charge in [-0.25, -0.2) is 4.98 Å². The lowest BCUT2D eigenvalue weighted by Gasteiger charge is -2.04. The Morgan fingerprint density at radius 2 is 1.70 bits per heavy atom. The molecule has 0 aliphatic carbocycles. The van der Waals surface area contributed by atoms with Crippen molar-refractivity contribution in [1.82, 2.24) is 4.98 Å². The van der Waals surface area contributed by atoms with Crippen molar-refractivity contribution >= 4 is 57.6 Å². The smallest absolute Gasteiger partial charge is 0.256 e. The summed E-state index contributed by atoms with van der Waals surface area (Å²) in [4.78, 5) is 18.4. The highest BCUT2D eigenvalue weighted by Gasteiger charge is 2.18. The van der Waals surface area contributed by atoms with Gasteiger partial charge in [0.15, 0.2) is 0 Å². The van der Waals surface area contributed by atoms with Gasteiger partial charge in [-0.1, -0.05) is 59.3 Å². The van der Waals surface area contributed by atoms with E-state index in [0.717, 1.165) is 26.1 Å². The van der Waals surface area contributed by atoms with E-state index >= 15 is 0 Å². The highest BCUT2D eigenvalue weighted by molar-refractivity contribution is 7.20. The van der Waals surface area contributed by atoms with Gasteiger partial charge in [0.1, 0.15) is 15.7 Å². The van der Waals surface area contributed by atoms with E-state index in [1.54, 1.807) is 35.6 Å². The Morgan fingerprint density at radius 3 is 2.37 bits per heavy atom. The molecule has 0 spiro atoms. The molecule has 2 heterocycles. The molecule has 1 N–H and O–H groups in total. The van der Waals surface area contributed by atoms with Crippen LogP contribution >= 0.6 is 46.7 Å². The van der Waals surface area contributed by atoms with E-state index in [1.807, 2.05) is 47.8 Å². The van der Waals surface area contributed by atoms with Crippen molar-refractivity contribution in [2.75, 3.05) is 5.32 Å². The molecule has 1 amide bonds. The minimum absolute atomic E-state index is 0. The van der Waals surface area contributed by atoms with Gasteiger partial charge in [0.2, 0.25) is 0 Å². The number of amides is 1. The summed E-state index contributed by atoms with van der Waals surface area (Å²) in [6.07, 6.45) is 0. The standard InChI is InChI=1S/C20H13ClN2OS2.ClH/c21-15-10-8-13(9-11-15)18(24)23-20-17(16-7-4-12-25-16)22-19(26-20)14-5-2-1-3-6-14;/h1-12H,(H,23,24);1H. The Hall–Kier alpha value is -2.18. The fourth-order valence-electron chi connectivity index (χ4n) is 2.47. The molecule has 2 aromatic heterocycles. The van der Waals surface area contributed by atoms with E-state index in [9.17, 15) is 4.79 Å². The van der Waals surface area contributed by atoms with E-state index in [0.29, 0.717) is 10.6 Å². The molecular formula is C20H14Cl2N2OS2. The van der Waals surface area contributed by atoms with Crippen molar-refractivity contribution in [3.63, 3.8) is 0 Å². The monoisotopic (exact) mass is 432 g/mol. The van der Waals surface area contributed by atoms with E-state index in [1.165, 1.54) is 11.3 Å². The lowest BCUT2D eigenvalue weighted by atomic mass is 10.2. The predicted molar refractivity (Wildman–Crippen MR) is 118 cm³/mol. The van der Waals surface area contributed by atoms with E-state index < -0.39 is 0 Å². The minimum atomic E-state index is -0.178. The van der Waals surface area contributed by atoms with Gasteiger partial charge in [-0.3, -0.25) is 4.79 Å². The van der Waals surface area contributed by atoms with Gasteiger partial charge in [-0.05, 0) is 35.7 Å². The summed E-state index contributed by atoms with van der Waals surface area (Å²) in [7, 11) is 0. The zero-order valence-electron chi connectivity index (χ0n) is 13.9. The number of thiazole rings is 1. The maximum absolute atomic E-state index is 12.6. The molecule has 0 bridgehead atoms. The first-order valence-corrected chi connectivity index (χ1v) is 9.95. The molecule has 4 aromatic rings. The number of nitrogens with zero attached hydrogens (tertiary/aromatic N) is 1. The van der Waals surface area contributed by atoms with Gasteiger partial charge in [0.05, 0.1) is 4.88 Å². The molecule has 7 heteroatoms. The molecule has 0 aliphatic rings. The number of thiophene rings is 1. The van der Waals surface area contributed by atoms with Crippen molar-refractivity contribution in [2.45, 2.75) is 0 Å². The number of hydrogen-bond donors (Lipinski definition) is 1. The van der Waals surface area contributed by atoms with Gasteiger partial charge < -0.3 is 5.32 Å². The number of benzene rings is 2. The quantitative estimate of drug-likeness (QED) is 0.382. The molecule has 2 aromatic carbocycles. The molecule has 0 radical (unpaired) electrons. The average molecular weight is 433 g/mol. The van der Waals surface area contributed by atoms with Crippen molar-refractivity contribution in [3.8, 4) is 21.1 Å². The van der Waals surface area contributed by atoms with Crippen molar-refractivity contribution < 1.29 is 4.79 Å². The van der Waals surface area contributed by atoms with Gasteiger partial charge >= 0.3 is 0 Å². The zero-order chi connectivity index (χ0) is 17.9. The highest BCUT2D eigenvalue weighted by atomic mass is 35.5. The summed E-state index contributed by atoms with van der Waals surface area (Å²) in [5.74, 6) is -0.178. The van der Waals surface area contributed by atoms with E-state index in [4.69, 9.17) is 16.6 Å². The second-order valence-corrected chi connectivity index (χ2v) is 7.88. The third kappa shape index (κ3) is 4.39. The van der Waals surface area contributed by atoms with Gasteiger partial charge in [-0.2, -0.15) is 0 Å². The fraction of sp³-hybridized carbons (Fsp3) is 0. The van der Waals surface area contributed by atoms with Crippen molar-refractivity contribution in [2.24, 2.45) is 0 Å². The highest BCUT2D eigenvalue weighted by Crippen LogP contribution is 2.39. The van der Waals surface area contributed by atoms with E-state index in [2.05, 4.69) is 5.32 Å². The molecule has 0 fully saturated rings. The summed E-state index contributed by atoms with van der Waals surface area (Å²) >= 11 is 8.98. The summed E-state index contributed by atoms with van der Waals surface area (Å²) < 4.78 is 0. The van der Waals surface area contributed by atoms with Crippen LogP contribution in [0.1, 0.15) is 10.4 Å². The van der Waals surface area contributed by atoms with Crippen LogP contribution in [0.25, 0.3) is 21.1 Å². The van der Waals surface area contributed by atoms with Gasteiger partial charge in [0, 0.05) is 16.1 Å². The Balaban J connectivity index is 0.00000210. The molecule has 27 heavy (non-hydrogen) atoms. The maximum Gasteiger partial charge on any atom is 0.256 e. The lowest BCUT2D eigenvalue weighted by Crippen LogP contribution is -2.11. The number of rotatable bonds is 4. The third-order valence-electron chi connectivity index (χ3n) is 3.74. The SMILES string of the molecule is Cl.O=C(Nc1sc(-c2ccccc2)nc1-c1cccs1)c1ccc(Cl)cc1. The molecule has 0 unspecified atom stereocenters. The number of hydrogen-bond acceptors (Lipinski definition) is 4. The number of anilines is 1. The Bertz CT molecular complexity index is 1030. The molecule has 0 atom stereocenters. The van der Waals surface area contributed by atoms with Crippen LogP contribution in [-0.4, -0.2) is 10.9 Å². The van der Waals surface area contributed by atoms with Crippen LogP contribution in [0.15, 0.2) is 72.1 Å². The largest absolute Gasteiger partial charge is 0.312 e. The fourth-order valence-corrected chi connectivity index (χ4v) is 4.36. The van der Waals surface area contributed by atoms with Crippen LogP contribution in [0, 0.1) is 0 Å². The van der Waals surface area contributed by atoms with Crippen molar-refractivity contribution in [1.29, 1.82) is 0 Å². The predicted octanol–water partition coefficient (Wildman–Crippen LogP) is 6.87. The summed E-state index contributed by atoms with van der Waals surface area (Å²) in [5, 5.41) is 7.23. The molecule has 0 saturated heterocycles. The molecule has 0 saturated carbocycles. The molecular weight excluding hydrogens is 419 g/mol. The number of halogens is 2. The Labute approximate surface area is 176 Å². The average Bonchev–Trinajstić information content (AvgIpc) is 3.32. The van der Waals surface area contributed by atoms with Crippen LogP contribution in [0.3, 0.4) is 0 Å². The third-order valence-corrected chi connectivity index (χ3v) is 5.88. The van der Waals surface area contributed by atoms with Crippen molar-refractivity contribution in [3.05, 3.63) is 82.7 Å². The van der Waals surface area contributed by atoms with Crippen LogP contribution in [0.5, 0.6) is 0 Å². The second kappa shape index (κ2) is 8.67. The number of carbonyl (C=O) groups is 1. The van der Waals surface area contributed by atoms with Crippen LogP contribution in [-0.2, 0) is 0 Å². The first-order valence-electron chi connectivity index (χ1n) is 7.88. The molecule has 0 aliphatic heterocycles. The first-order chi connectivity index (χ1) is 12.7. The normalized spacial score (nSPS) is 10.3. The lowest BCUT2D eigenvalue weighted by molar-refractivity contribution is 0.102. The number of aromatic nitrogens is 1. The van der Waals surface area contributed by atoms with E-state index in [-0.39, 0.29) is 18.3 Å². The maximum atomic E-state index is 12.6. The summed E-state index contributed by atoms with van der Waals surface area (Å²) in [6, 6.07) is 20.8. The van der Waals surface area contributed by atoms with Crippen LogP contribution < -0.4 is 5.32 Å². The Kier molecular flexibility index (Phi) is 6.29. The number of carbonyl (C=O) groups excluding carboxylic acids is 1. The van der Waals surface area contributed by atoms with Crippen LogP contribution in [0.2, 0.25) is 5.02 Å². The molecule has 3 nitrogen and oxygen atoms in total. The van der Waals surface area contributed by atoms with Crippen LogP contribution in [0.4, 0.5) is 5.00 Å². The van der Waals surface area contributed by atoms with Gasteiger partial charge in [0.25, 0.3) is 5.91 Å². The summed E-state index contributed by atoms with van der Waals surface area (Å²) in [5.41, 5.74) is 2.38. The number of nitrogens with one attached hydrogen (secondary N) is 1. The molecule has 136 valence electrons. The molecule has 4 rings (SSSR count). The second-order valence-electron chi connectivity index (χ2n) is 5.50. The Morgan fingerprint density at radius 1 is 0.963 bits per heavy atom. The topological polar surface area (TPSA) is 42.0 Å². The van der Waals surface area contributed by atoms with Gasteiger partial charge in [-0.15, -0.1) is 23.7 Å². The minimum Gasteiger partial charge on any atom is -0.312 e.